The summed E-state index contributed by atoms with van der Waals surface area (Å²) in [7, 11) is 1.54. The predicted molar refractivity (Wildman–Crippen MR) is 155 cm³/mol. The number of benzene rings is 2. The van der Waals surface area contributed by atoms with E-state index >= 15 is 0 Å². The van der Waals surface area contributed by atoms with Crippen LogP contribution in [0.2, 0.25) is 0 Å². The number of hydrogen-bond donors (Lipinski definition) is 0. The van der Waals surface area contributed by atoms with Crippen LogP contribution in [0.5, 0.6) is 5.88 Å². The molecule has 8 nitrogen and oxygen atoms in total. The van der Waals surface area contributed by atoms with E-state index in [2.05, 4.69) is 0 Å². The SMILES string of the molecule is COc1ccc2c(n1)c(C(=O)N1CCN(C(=O)OC(C)(C)C)CC1)c(Cc1cccc(F)c1C)n2-c1ccccc1. The Kier molecular flexibility index (Phi) is 7.71. The molecule has 0 radical (unpaired) electrons. The fourth-order valence-electron chi connectivity index (χ4n) is 5.17. The van der Waals surface area contributed by atoms with E-state index in [1.54, 1.807) is 28.9 Å². The van der Waals surface area contributed by atoms with Crippen molar-refractivity contribution in [2.24, 2.45) is 0 Å². The van der Waals surface area contributed by atoms with E-state index in [1.807, 2.05) is 67.8 Å². The summed E-state index contributed by atoms with van der Waals surface area (Å²) < 4.78 is 27.6. The van der Waals surface area contributed by atoms with Gasteiger partial charge in [-0.05, 0) is 63.1 Å². The highest BCUT2D eigenvalue weighted by atomic mass is 19.1. The van der Waals surface area contributed by atoms with Gasteiger partial charge in [-0.2, -0.15) is 0 Å². The van der Waals surface area contributed by atoms with Crippen molar-refractivity contribution >= 4 is 23.0 Å². The van der Waals surface area contributed by atoms with Crippen LogP contribution in [0.3, 0.4) is 0 Å². The van der Waals surface area contributed by atoms with Gasteiger partial charge in [0, 0.05) is 50.0 Å². The summed E-state index contributed by atoms with van der Waals surface area (Å²) in [6.45, 7) is 8.64. The zero-order valence-electron chi connectivity index (χ0n) is 24.1. The van der Waals surface area contributed by atoms with E-state index < -0.39 is 5.60 Å². The Morgan fingerprint density at radius 1 is 0.927 bits per heavy atom. The van der Waals surface area contributed by atoms with E-state index in [4.69, 9.17) is 14.5 Å². The number of pyridine rings is 1. The number of hydrogen-bond acceptors (Lipinski definition) is 5. The third-order valence-electron chi connectivity index (χ3n) is 7.28. The molecule has 214 valence electrons. The highest BCUT2D eigenvalue weighted by molar-refractivity contribution is 6.08. The largest absolute Gasteiger partial charge is 0.481 e. The molecule has 4 aromatic rings. The van der Waals surface area contributed by atoms with Crippen molar-refractivity contribution in [2.45, 2.75) is 39.7 Å². The summed E-state index contributed by atoms with van der Waals surface area (Å²) >= 11 is 0. The summed E-state index contributed by atoms with van der Waals surface area (Å²) in [4.78, 5) is 35.1. The van der Waals surface area contributed by atoms with Crippen molar-refractivity contribution in [1.29, 1.82) is 0 Å². The third-order valence-corrected chi connectivity index (χ3v) is 7.28. The van der Waals surface area contributed by atoms with Gasteiger partial charge >= 0.3 is 6.09 Å². The summed E-state index contributed by atoms with van der Waals surface area (Å²) in [5.74, 6) is -0.103. The summed E-state index contributed by atoms with van der Waals surface area (Å²) in [5, 5.41) is 0. The molecular weight excluding hydrogens is 523 g/mol. The van der Waals surface area contributed by atoms with E-state index in [9.17, 15) is 14.0 Å². The number of amides is 2. The van der Waals surface area contributed by atoms with Crippen LogP contribution in [0.25, 0.3) is 16.7 Å². The van der Waals surface area contributed by atoms with Gasteiger partial charge in [0.25, 0.3) is 5.91 Å². The second kappa shape index (κ2) is 11.2. The lowest BCUT2D eigenvalue weighted by Gasteiger charge is -2.35. The van der Waals surface area contributed by atoms with E-state index in [1.165, 1.54) is 13.2 Å². The minimum Gasteiger partial charge on any atom is -0.481 e. The minimum absolute atomic E-state index is 0.196. The van der Waals surface area contributed by atoms with Crippen LogP contribution in [0.1, 0.15) is 48.0 Å². The number of ether oxygens (including phenoxy) is 2. The molecule has 0 unspecified atom stereocenters. The number of carbonyl (C=O) groups is 2. The first kappa shape index (κ1) is 28.1. The lowest BCUT2D eigenvalue weighted by molar-refractivity contribution is 0.0141. The maximum Gasteiger partial charge on any atom is 0.410 e. The topological polar surface area (TPSA) is 76.9 Å². The molecule has 0 N–H and O–H groups in total. The van der Waals surface area contributed by atoms with Crippen LogP contribution in [0.15, 0.2) is 60.7 Å². The monoisotopic (exact) mass is 558 g/mol. The molecule has 9 heteroatoms. The normalized spacial score (nSPS) is 13.9. The molecule has 41 heavy (non-hydrogen) atoms. The first-order valence-electron chi connectivity index (χ1n) is 13.7. The van der Waals surface area contributed by atoms with Crippen molar-refractivity contribution in [3.05, 3.63) is 88.9 Å². The number of piperazine rings is 1. The lowest BCUT2D eigenvalue weighted by Crippen LogP contribution is -2.51. The minimum atomic E-state index is -0.599. The summed E-state index contributed by atoms with van der Waals surface area (Å²) in [6, 6.07) is 18.4. The van der Waals surface area contributed by atoms with Gasteiger partial charge in [-0.15, -0.1) is 0 Å². The molecule has 1 saturated heterocycles. The Morgan fingerprint density at radius 3 is 2.27 bits per heavy atom. The highest BCUT2D eigenvalue weighted by Crippen LogP contribution is 2.33. The van der Waals surface area contributed by atoms with Crippen LogP contribution in [-0.4, -0.2) is 70.2 Å². The first-order chi connectivity index (χ1) is 19.6. The van der Waals surface area contributed by atoms with Gasteiger partial charge < -0.3 is 23.8 Å². The predicted octanol–water partition coefficient (Wildman–Crippen LogP) is 5.77. The molecule has 0 aliphatic carbocycles. The molecule has 2 aromatic carbocycles. The number of nitrogens with zero attached hydrogens (tertiary/aromatic N) is 4. The van der Waals surface area contributed by atoms with Gasteiger partial charge in [-0.3, -0.25) is 4.79 Å². The maximum atomic E-state index is 14.6. The van der Waals surface area contributed by atoms with Crippen molar-refractivity contribution in [2.75, 3.05) is 33.3 Å². The standard InChI is InChI=1S/C32H35FN4O4/c1-21-22(10-9-13-24(21)33)20-26-28(30(38)35-16-18-36(19-17-35)31(39)41-32(2,3)4)29-25(14-15-27(34-29)40-5)37(26)23-11-7-6-8-12-23/h6-15H,16-20H2,1-5H3. The van der Waals surface area contributed by atoms with Crippen molar-refractivity contribution in [3.63, 3.8) is 0 Å². The molecule has 2 amide bonds. The summed E-state index contributed by atoms with van der Waals surface area (Å²) in [6.07, 6.45) is -0.0743. The molecule has 0 bridgehead atoms. The van der Waals surface area contributed by atoms with Gasteiger partial charge in [-0.25, -0.2) is 14.2 Å². The number of rotatable bonds is 5. The molecular formula is C32H35FN4O4. The molecule has 1 aliphatic rings. The number of aromatic nitrogens is 2. The molecule has 1 fully saturated rings. The zero-order valence-corrected chi connectivity index (χ0v) is 24.1. The summed E-state index contributed by atoms with van der Waals surface area (Å²) in [5.41, 5.74) is 3.99. The van der Waals surface area contributed by atoms with Crippen LogP contribution >= 0.6 is 0 Å². The molecule has 0 spiro atoms. The van der Waals surface area contributed by atoms with Crippen LogP contribution in [-0.2, 0) is 11.2 Å². The van der Waals surface area contributed by atoms with Crippen LogP contribution in [0.4, 0.5) is 9.18 Å². The van der Waals surface area contributed by atoms with E-state index in [0.29, 0.717) is 60.8 Å². The Labute approximate surface area is 239 Å². The third kappa shape index (κ3) is 5.75. The number of halogens is 1. The Bertz CT molecular complexity index is 1590. The Hall–Kier alpha value is -4.40. The zero-order chi connectivity index (χ0) is 29.3. The van der Waals surface area contributed by atoms with Gasteiger partial charge in [-0.1, -0.05) is 30.3 Å². The molecule has 5 rings (SSSR count). The fourth-order valence-corrected chi connectivity index (χ4v) is 5.17. The second-order valence-electron chi connectivity index (χ2n) is 11.2. The quantitative estimate of drug-likeness (QED) is 0.311. The molecule has 0 atom stereocenters. The smallest absolute Gasteiger partial charge is 0.410 e. The highest BCUT2D eigenvalue weighted by Gasteiger charge is 2.32. The van der Waals surface area contributed by atoms with Gasteiger partial charge in [0.1, 0.15) is 16.9 Å². The molecule has 1 aliphatic heterocycles. The van der Waals surface area contributed by atoms with Crippen molar-refractivity contribution in [3.8, 4) is 11.6 Å². The van der Waals surface area contributed by atoms with Gasteiger partial charge in [0.15, 0.2) is 0 Å². The van der Waals surface area contributed by atoms with Gasteiger partial charge in [0.05, 0.1) is 18.2 Å². The first-order valence-corrected chi connectivity index (χ1v) is 13.7. The average Bonchev–Trinajstić information content (AvgIpc) is 3.27. The Balaban J connectivity index is 1.61. The fraction of sp³-hybridized carbons (Fsp3) is 0.344. The average molecular weight is 559 g/mol. The van der Waals surface area contributed by atoms with E-state index in [-0.39, 0.29) is 17.8 Å². The maximum absolute atomic E-state index is 14.6. The van der Waals surface area contributed by atoms with Crippen molar-refractivity contribution in [1.82, 2.24) is 19.4 Å². The Morgan fingerprint density at radius 2 is 1.61 bits per heavy atom. The van der Waals surface area contributed by atoms with Gasteiger partial charge in [0.2, 0.25) is 5.88 Å². The number of fused-ring (bicyclic) bond motifs is 1. The number of para-hydroxylation sites is 1. The molecule has 3 heterocycles. The molecule has 2 aromatic heterocycles. The number of carbonyl (C=O) groups excluding carboxylic acids is 2. The van der Waals surface area contributed by atoms with Crippen molar-refractivity contribution < 1.29 is 23.5 Å². The lowest BCUT2D eigenvalue weighted by atomic mass is 10.0. The second-order valence-corrected chi connectivity index (χ2v) is 11.2. The van der Waals surface area contributed by atoms with Crippen LogP contribution in [0, 0.1) is 12.7 Å². The molecule has 0 saturated carbocycles. The van der Waals surface area contributed by atoms with E-state index in [0.717, 1.165) is 16.8 Å². The number of methoxy groups -OCH3 is 1. The van der Waals surface area contributed by atoms with Crippen LogP contribution < -0.4 is 4.74 Å².